The second kappa shape index (κ2) is 7.27. The lowest BCUT2D eigenvalue weighted by molar-refractivity contribution is 0.301. The molecule has 1 fully saturated rings. The Hall–Kier alpha value is -0.0400. The van der Waals surface area contributed by atoms with Crippen LogP contribution in [0.2, 0.25) is 0 Å². The molecule has 0 aliphatic carbocycles. The van der Waals surface area contributed by atoms with E-state index in [1.54, 1.807) is 0 Å². The molecule has 0 aromatic rings. The smallest absolute Gasteiger partial charge is 0.0888 e. The molecule has 1 aliphatic rings. The Kier molecular flexibility index (Phi) is 6.31. The zero-order valence-electron chi connectivity index (χ0n) is 10.7. The number of epoxide rings is 1. The minimum Gasteiger partial charge on any atom is -0.370 e. The van der Waals surface area contributed by atoms with Gasteiger partial charge in [0.25, 0.3) is 0 Å². The van der Waals surface area contributed by atoms with Crippen molar-refractivity contribution >= 4 is 0 Å². The first-order valence-corrected chi connectivity index (χ1v) is 6.91. The molecule has 0 aromatic heterocycles. The molecule has 0 radical (unpaired) electrons. The Morgan fingerprint density at radius 2 is 1.33 bits per heavy atom. The summed E-state index contributed by atoms with van der Waals surface area (Å²) in [4.78, 5) is 0. The van der Waals surface area contributed by atoms with E-state index in [-0.39, 0.29) is 0 Å². The van der Waals surface area contributed by atoms with E-state index >= 15 is 0 Å². The molecule has 1 saturated heterocycles. The van der Waals surface area contributed by atoms with Crippen molar-refractivity contribution in [3.63, 3.8) is 0 Å². The van der Waals surface area contributed by atoms with Gasteiger partial charge in [-0.25, -0.2) is 0 Å². The highest BCUT2D eigenvalue weighted by Gasteiger charge is 2.37. The molecule has 0 aromatic carbocycles. The van der Waals surface area contributed by atoms with Crippen molar-refractivity contribution in [2.45, 2.75) is 83.7 Å². The SMILES string of the molecule is CCCCCCCCCCCC1(C)CO1. The van der Waals surface area contributed by atoms with Crippen molar-refractivity contribution in [2.24, 2.45) is 0 Å². The van der Waals surface area contributed by atoms with Crippen molar-refractivity contribution in [1.29, 1.82) is 0 Å². The molecule has 0 saturated carbocycles. The highest BCUT2D eigenvalue weighted by Crippen LogP contribution is 2.31. The molecular weight excluding hydrogens is 184 g/mol. The van der Waals surface area contributed by atoms with Gasteiger partial charge >= 0.3 is 0 Å². The van der Waals surface area contributed by atoms with Gasteiger partial charge in [-0.15, -0.1) is 0 Å². The van der Waals surface area contributed by atoms with Gasteiger partial charge in [-0.2, -0.15) is 0 Å². The van der Waals surface area contributed by atoms with E-state index in [0.717, 1.165) is 6.61 Å². The fourth-order valence-corrected chi connectivity index (χ4v) is 2.08. The summed E-state index contributed by atoms with van der Waals surface area (Å²) in [5, 5.41) is 0. The lowest BCUT2D eigenvalue weighted by Crippen LogP contribution is -2.02. The zero-order chi connectivity index (χ0) is 11.0. The van der Waals surface area contributed by atoms with Gasteiger partial charge < -0.3 is 4.74 Å². The highest BCUT2D eigenvalue weighted by atomic mass is 16.6. The van der Waals surface area contributed by atoms with Crippen molar-refractivity contribution in [2.75, 3.05) is 6.61 Å². The Morgan fingerprint density at radius 1 is 0.867 bits per heavy atom. The van der Waals surface area contributed by atoms with E-state index in [0.29, 0.717) is 5.60 Å². The van der Waals surface area contributed by atoms with E-state index in [2.05, 4.69) is 13.8 Å². The summed E-state index contributed by atoms with van der Waals surface area (Å²) in [5.74, 6) is 0. The van der Waals surface area contributed by atoms with Gasteiger partial charge in [0, 0.05) is 0 Å². The Morgan fingerprint density at radius 3 is 1.80 bits per heavy atom. The topological polar surface area (TPSA) is 12.5 Å². The molecular formula is C14H28O. The molecule has 1 nitrogen and oxygen atoms in total. The molecule has 1 unspecified atom stereocenters. The normalized spacial score (nSPS) is 24.4. The van der Waals surface area contributed by atoms with Crippen molar-refractivity contribution in [1.82, 2.24) is 0 Å². The molecule has 1 atom stereocenters. The van der Waals surface area contributed by atoms with Crippen molar-refractivity contribution in [3.05, 3.63) is 0 Å². The maximum Gasteiger partial charge on any atom is 0.0888 e. The molecule has 0 amide bonds. The third-order valence-corrected chi connectivity index (χ3v) is 3.45. The average Bonchev–Trinajstić information content (AvgIpc) is 2.95. The van der Waals surface area contributed by atoms with E-state index in [1.807, 2.05) is 0 Å². The molecule has 0 bridgehead atoms. The second-order valence-corrected chi connectivity index (χ2v) is 5.32. The zero-order valence-corrected chi connectivity index (χ0v) is 10.7. The van der Waals surface area contributed by atoms with Crippen LogP contribution in [-0.2, 0) is 4.74 Å². The van der Waals surface area contributed by atoms with Crippen molar-refractivity contribution < 1.29 is 4.74 Å². The number of hydrogen-bond donors (Lipinski definition) is 0. The standard InChI is InChI=1S/C14H28O/c1-3-4-5-6-7-8-9-10-11-12-14(2)13-15-14/h3-13H2,1-2H3. The lowest BCUT2D eigenvalue weighted by Gasteiger charge is -2.04. The molecule has 90 valence electrons. The summed E-state index contributed by atoms with van der Waals surface area (Å²) in [7, 11) is 0. The van der Waals surface area contributed by atoms with E-state index < -0.39 is 0 Å². The van der Waals surface area contributed by atoms with E-state index in [1.165, 1.54) is 64.2 Å². The average molecular weight is 212 g/mol. The van der Waals surface area contributed by atoms with Gasteiger partial charge in [0.2, 0.25) is 0 Å². The fourth-order valence-electron chi connectivity index (χ4n) is 2.08. The molecule has 1 aliphatic heterocycles. The van der Waals surface area contributed by atoms with E-state index in [9.17, 15) is 0 Å². The van der Waals surface area contributed by atoms with Crippen LogP contribution in [0.15, 0.2) is 0 Å². The fraction of sp³-hybridized carbons (Fsp3) is 1.00. The first-order valence-electron chi connectivity index (χ1n) is 6.91. The van der Waals surface area contributed by atoms with Gasteiger partial charge in [0.15, 0.2) is 0 Å². The van der Waals surface area contributed by atoms with Crippen LogP contribution in [0.1, 0.15) is 78.1 Å². The third-order valence-electron chi connectivity index (χ3n) is 3.45. The number of hydrogen-bond acceptors (Lipinski definition) is 1. The number of ether oxygens (including phenoxy) is 1. The minimum absolute atomic E-state index is 0.293. The quantitative estimate of drug-likeness (QED) is 0.378. The molecule has 0 N–H and O–H groups in total. The molecule has 1 heterocycles. The largest absolute Gasteiger partial charge is 0.370 e. The van der Waals surface area contributed by atoms with Gasteiger partial charge in [0.05, 0.1) is 12.2 Å². The van der Waals surface area contributed by atoms with Gasteiger partial charge in [-0.1, -0.05) is 64.7 Å². The second-order valence-electron chi connectivity index (χ2n) is 5.32. The third kappa shape index (κ3) is 6.94. The predicted octanol–water partition coefficient (Wildman–Crippen LogP) is 4.70. The molecule has 15 heavy (non-hydrogen) atoms. The summed E-state index contributed by atoms with van der Waals surface area (Å²) >= 11 is 0. The first-order chi connectivity index (χ1) is 7.27. The number of unbranched alkanes of at least 4 members (excludes halogenated alkanes) is 8. The van der Waals surface area contributed by atoms with Gasteiger partial charge in [0.1, 0.15) is 0 Å². The van der Waals surface area contributed by atoms with Crippen molar-refractivity contribution in [3.8, 4) is 0 Å². The van der Waals surface area contributed by atoms with E-state index in [4.69, 9.17) is 4.74 Å². The van der Waals surface area contributed by atoms with Gasteiger partial charge in [-0.05, 0) is 13.3 Å². The van der Waals surface area contributed by atoms with Crippen LogP contribution in [0.5, 0.6) is 0 Å². The summed E-state index contributed by atoms with van der Waals surface area (Å²) in [6.07, 6.45) is 14.1. The van der Waals surface area contributed by atoms with Crippen LogP contribution in [0.25, 0.3) is 0 Å². The van der Waals surface area contributed by atoms with Crippen LogP contribution in [0.4, 0.5) is 0 Å². The first kappa shape index (κ1) is 13.0. The minimum atomic E-state index is 0.293. The summed E-state index contributed by atoms with van der Waals surface area (Å²) in [5.41, 5.74) is 0.293. The molecule has 0 spiro atoms. The van der Waals surface area contributed by atoms with Gasteiger partial charge in [-0.3, -0.25) is 0 Å². The highest BCUT2D eigenvalue weighted by molar-refractivity contribution is 4.86. The molecule has 1 heteroatoms. The summed E-state index contributed by atoms with van der Waals surface area (Å²) < 4.78 is 5.37. The maximum atomic E-state index is 5.37. The molecule has 1 rings (SSSR count). The monoisotopic (exact) mass is 212 g/mol. The van der Waals surface area contributed by atoms with Crippen LogP contribution in [0, 0.1) is 0 Å². The van der Waals surface area contributed by atoms with Crippen LogP contribution < -0.4 is 0 Å². The van der Waals surface area contributed by atoms with Crippen LogP contribution in [0.3, 0.4) is 0 Å². The summed E-state index contributed by atoms with van der Waals surface area (Å²) in [6.45, 7) is 5.52. The Balaban J connectivity index is 1.70. The number of rotatable bonds is 10. The maximum absolute atomic E-state index is 5.37. The lowest BCUT2D eigenvalue weighted by atomic mass is 10.0. The Labute approximate surface area is 95.6 Å². The van der Waals surface area contributed by atoms with Crippen LogP contribution in [-0.4, -0.2) is 12.2 Å². The Bertz CT molecular complexity index is 149. The predicted molar refractivity (Wildman–Crippen MR) is 66.2 cm³/mol. The summed E-state index contributed by atoms with van der Waals surface area (Å²) in [6, 6.07) is 0. The van der Waals surface area contributed by atoms with Crippen LogP contribution >= 0.6 is 0 Å².